The van der Waals surface area contributed by atoms with E-state index in [1.807, 2.05) is 0 Å². The minimum absolute atomic E-state index is 0.231. The van der Waals surface area contributed by atoms with E-state index in [2.05, 4.69) is 5.32 Å². The van der Waals surface area contributed by atoms with Gasteiger partial charge in [0.25, 0.3) is 0 Å². The van der Waals surface area contributed by atoms with Crippen molar-refractivity contribution >= 4 is 6.09 Å². The number of nitro groups is 1. The molecule has 100 valence electrons. The highest BCUT2D eigenvalue weighted by Crippen LogP contribution is 2.32. The number of rotatable bonds is 4. The SMILES string of the molecule is CC(C)(C)[C@H](C(NC(=O)O)c1ccco1)[N+](=O)[O-]. The Labute approximate surface area is 104 Å². The van der Waals surface area contributed by atoms with Gasteiger partial charge in [0.15, 0.2) is 6.04 Å². The Morgan fingerprint density at radius 3 is 2.50 bits per heavy atom. The average molecular weight is 256 g/mol. The van der Waals surface area contributed by atoms with E-state index >= 15 is 0 Å². The van der Waals surface area contributed by atoms with Gasteiger partial charge < -0.3 is 14.8 Å². The number of furan rings is 1. The van der Waals surface area contributed by atoms with Gasteiger partial charge in [-0.3, -0.25) is 10.1 Å². The molecular weight excluding hydrogens is 240 g/mol. The molecule has 7 heteroatoms. The summed E-state index contributed by atoms with van der Waals surface area (Å²) in [6.07, 6.45) is 0.0263. The van der Waals surface area contributed by atoms with Crippen LogP contribution in [-0.2, 0) is 0 Å². The van der Waals surface area contributed by atoms with Crippen molar-refractivity contribution in [2.45, 2.75) is 32.9 Å². The van der Waals surface area contributed by atoms with Crippen molar-refractivity contribution < 1.29 is 19.2 Å². The molecule has 1 rings (SSSR count). The van der Waals surface area contributed by atoms with Crippen LogP contribution in [0.15, 0.2) is 22.8 Å². The zero-order chi connectivity index (χ0) is 13.9. The summed E-state index contributed by atoms with van der Waals surface area (Å²) in [7, 11) is 0. The Morgan fingerprint density at radius 2 is 2.17 bits per heavy atom. The number of amides is 1. The summed E-state index contributed by atoms with van der Waals surface area (Å²) >= 11 is 0. The van der Waals surface area contributed by atoms with Gasteiger partial charge in [-0.2, -0.15) is 0 Å². The Kier molecular flexibility index (Phi) is 3.95. The predicted molar refractivity (Wildman–Crippen MR) is 62.8 cm³/mol. The van der Waals surface area contributed by atoms with Crippen LogP contribution in [0.4, 0.5) is 4.79 Å². The number of hydrogen-bond donors (Lipinski definition) is 2. The molecule has 0 aliphatic rings. The van der Waals surface area contributed by atoms with Crippen LogP contribution >= 0.6 is 0 Å². The van der Waals surface area contributed by atoms with E-state index in [9.17, 15) is 14.9 Å². The lowest BCUT2D eigenvalue weighted by molar-refractivity contribution is -0.545. The highest BCUT2D eigenvalue weighted by Gasteiger charge is 2.45. The van der Waals surface area contributed by atoms with Gasteiger partial charge in [0, 0.05) is 10.3 Å². The van der Waals surface area contributed by atoms with Gasteiger partial charge in [0.1, 0.15) is 5.76 Å². The van der Waals surface area contributed by atoms with Crippen LogP contribution < -0.4 is 5.32 Å². The zero-order valence-corrected chi connectivity index (χ0v) is 10.4. The first-order valence-electron chi connectivity index (χ1n) is 5.40. The van der Waals surface area contributed by atoms with Crippen molar-refractivity contribution in [1.29, 1.82) is 0 Å². The molecule has 1 amide bonds. The lowest BCUT2D eigenvalue weighted by atomic mass is 9.82. The van der Waals surface area contributed by atoms with Crippen molar-refractivity contribution in [3.05, 3.63) is 34.3 Å². The molecule has 0 radical (unpaired) electrons. The summed E-state index contributed by atoms with van der Waals surface area (Å²) in [5.41, 5.74) is -0.719. The summed E-state index contributed by atoms with van der Waals surface area (Å²) in [5, 5.41) is 22.2. The fourth-order valence-electron chi connectivity index (χ4n) is 1.84. The molecule has 0 aliphatic carbocycles. The summed E-state index contributed by atoms with van der Waals surface area (Å²) in [5.74, 6) is 0.231. The van der Waals surface area contributed by atoms with Gasteiger partial charge in [-0.15, -0.1) is 0 Å². The van der Waals surface area contributed by atoms with Crippen LogP contribution in [0, 0.1) is 15.5 Å². The molecule has 18 heavy (non-hydrogen) atoms. The molecule has 1 heterocycles. The van der Waals surface area contributed by atoms with Crippen LogP contribution in [0.5, 0.6) is 0 Å². The molecule has 0 aliphatic heterocycles. The lowest BCUT2D eigenvalue weighted by Crippen LogP contribution is -2.46. The minimum Gasteiger partial charge on any atom is -0.467 e. The van der Waals surface area contributed by atoms with Gasteiger partial charge in [0.2, 0.25) is 6.04 Å². The van der Waals surface area contributed by atoms with Crippen molar-refractivity contribution in [1.82, 2.24) is 5.32 Å². The van der Waals surface area contributed by atoms with Gasteiger partial charge in [0.05, 0.1) is 6.26 Å². The normalized spacial score (nSPS) is 14.8. The third-order valence-corrected chi connectivity index (χ3v) is 2.56. The molecule has 0 saturated heterocycles. The maximum Gasteiger partial charge on any atom is 0.405 e. The first-order valence-corrected chi connectivity index (χ1v) is 5.40. The van der Waals surface area contributed by atoms with Gasteiger partial charge in [-0.05, 0) is 12.1 Å². The summed E-state index contributed by atoms with van der Waals surface area (Å²) in [6.45, 7) is 5.04. The van der Waals surface area contributed by atoms with Gasteiger partial charge >= 0.3 is 6.09 Å². The molecule has 7 nitrogen and oxygen atoms in total. The fraction of sp³-hybridized carbons (Fsp3) is 0.545. The van der Waals surface area contributed by atoms with E-state index in [1.54, 1.807) is 26.8 Å². The monoisotopic (exact) mass is 256 g/mol. The predicted octanol–water partition coefficient (Wildman–Crippen LogP) is 2.28. The molecule has 1 aromatic rings. The Hall–Kier alpha value is -2.05. The Balaban J connectivity index is 3.15. The van der Waals surface area contributed by atoms with Crippen molar-refractivity contribution in [2.75, 3.05) is 0 Å². The smallest absolute Gasteiger partial charge is 0.405 e. The van der Waals surface area contributed by atoms with E-state index in [1.165, 1.54) is 12.3 Å². The highest BCUT2D eigenvalue weighted by atomic mass is 16.6. The molecule has 0 spiro atoms. The second-order valence-corrected chi connectivity index (χ2v) is 5.04. The molecule has 0 fully saturated rings. The molecular formula is C11H16N2O5. The number of nitrogens with zero attached hydrogens (tertiary/aromatic N) is 1. The van der Waals surface area contributed by atoms with Crippen LogP contribution in [0.1, 0.15) is 32.6 Å². The third-order valence-electron chi connectivity index (χ3n) is 2.56. The van der Waals surface area contributed by atoms with Crippen molar-refractivity contribution in [3.8, 4) is 0 Å². The third kappa shape index (κ3) is 3.22. The van der Waals surface area contributed by atoms with E-state index in [-0.39, 0.29) is 5.76 Å². The van der Waals surface area contributed by atoms with E-state index in [4.69, 9.17) is 9.52 Å². The molecule has 0 saturated carbocycles. The van der Waals surface area contributed by atoms with Crippen molar-refractivity contribution in [3.63, 3.8) is 0 Å². The summed E-state index contributed by atoms with van der Waals surface area (Å²) in [4.78, 5) is 21.5. The lowest BCUT2D eigenvalue weighted by Gasteiger charge is -2.28. The highest BCUT2D eigenvalue weighted by molar-refractivity contribution is 5.65. The summed E-state index contributed by atoms with van der Waals surface area (Å²) < 4.78 is 5.09. The van der Waals surface area contributed by atoms with E-state index in [0.29, 0.717) is 0 Å². The van der Waals surface area contributed by atoms with Gasteiger partial charge in [-0.25, -0.2) is 4.79 Å². The largest absolute Gasteiger partial charge is 0.467 e. The number of carbonyl (C=O) groups is 1. The summed E-state index contributed by atoms with van der Waals surface area (Å²) in [6, 6.07) is 0.932. The van der Waals surface area contributed by atoms with E-state index in [0.717, 1.165) is 0 Å². The molecule has 0 aromatic carbocycles. The standard InChI is InChI=1S/C11H16N2O5/c1-11(2,3)9(13(16)17)8(12-10(14)15)7-5-4-6-18-7/h4-6,8-9,12H,1-3H3,(H,14,15)/t8?,9-/m0/s1. The molecule has 2 N–H and O–H groups in total. The van der Waals surface area contributed by atoms with Crippen LogP contribution in [-0.4, -0.2) is 22.2 Å². The molecule has 2 atom stereocenters. The van der Waals surface area contributed by atoms with Crippen LogP contribution in [0.2, 0.25) is 0 Å². The van der Waals surface area contributed by atoms with Gasteiger partial charge in [-0.1, -0.05) is 20.8 Å². The Bertz CT molecular complexity index is 421. The number of carboxylic acid groups (broad SMARTS) is 1. The fourth-order valence-corrected chi connectivity index (χ4v) is 1.84. The van der Waals surface area contributed by atoms with Crippen LogP contribution in [0.3, 0.4) is 0 Å². The Morgan fingerprint density at radius 1 is 1.56 bits per heavy atom. The van der Waals surface area contributed by atoms with E-state index < -0.39 is 28.5 Å². The first kappa shape index (κ1) is 14.0. The quantitative estimate of drug-likeness (QED) is 0.635. The molecule has 1 aromatic heterocycles. The zero-order valence-electron chi connectivity index (χ0n) is 10.4. The maximum atomic E-state index is 11.2. The molecule has 0 bridgehead atoms. The number of nitrogens with one attached hydrogen (secondary N) is 1. The number of hydrogen-bond acceptors (Lipinski definition) is 4. The second-order valence-electron chi connectivity index (χ2n) is 5.04. The topological polar surface area (TPSA) is 106 Å². The average Bonchev–Trinajstić information content (AvgIpc) is 2.64. The first-order chi connectivity index (χ1) is 8.23. The maximum absolute atomic E-state index is 11.2. The van der Waals surface area contributed by atoms with Crippen LogP contribution in [0.25, 0.3) is 0 Å². The molecule has 1 unspecified atom stereocenters. The van der Waals surface area contributed by atoms with Crippen molar-refractivity contribution in [2.24, 2.45) is 5.41 Å². The second kappa shape index (κ2) is 5.07. The minimum atomic E-state index is -1.33.